The van der Waals surface area contributed by atoms with Crippen molar-refractivity contribution >= 4 is 25.8 Å². The Balaban J connectivity index is 2.92. The first-order valence-corrected chi connectivity index (χ1v) is 7.35. The normalized spacial score (nSPS) is 11.9. The molecule has 0 saturated carbocycles. The van der Waals surface area contributed by atoms with Crippen LogP contribution in [0.3, 0.4) is 0 Å². The molecule has 0 saturated heterocycles. The molecule has 86 valence electrons. The quantitative estimate of drug-likeness (QED) is 0.882. The zero-order chi connectivity index (χ0) is 11.6. The number of halogens is 1. The molecule has 0 aliphatic rings. The van der Waals surface area contributed by atoms with E-state index in [4.69, 9.17) is 0 Å². The summed E-state index contributed by atoms with van der Waals surface area (Å²) < 4.78 is 23.7. The summed E-state index contributed by atoms with van der Waals surface area (Å²) in [5, 5.41) is 2.86. The average Bonchev–Trinajstić information content (AvgIpc) is 2.40. The Morgan fingerprint density at radius 3 is 2.47 bits per heavy atom. The van der Waals surface area contributed by atoms with Crippen molar-refractivity contribution in [2.75, 3.05) is 12.0 Å². The van der Waals surface area contributed by atoms with Crippen LogP contribution in [0, 0.1) is 0 Å². The molecule has 1 N–H and O–H groups in total. The Kier molecular flexibility index (Phi) is 3.77. The molecule has 0 fully saturated rings. The Labute approximate surface area is 96.5 Å². The van der Waals surface area contributed by atoms with Crippen molar-refractivity contribution in [1.29, 1.82) is 0 Å². The number of nitrogens with zero attached hydrogens (tertiary/aromatic N) is 1. The average molecular weight is 297 g/mol. The van der Waals surface area contributed by atoms with Gasteiger partial charge in [-0.15, -0.1) is 0 Å². The van der Waals surface area contributed by atoms with E-state index in [9.17, 15) is 13.2 Å². The molecule has 1 aromatic heterocycles. The molecule has 0 radical (unpaired) electrons. The van der Waals surface area contributed by atoms with E-state index in [-0.39, 0.29) is 17.9 Å². The summed E-state index contributed by atoms with van der Waals surface area (Å²) in [7, 11) is -3.04. The SMILES string of the molecule is CCc1[nH]n(CCS(C)(=O)=O)c(=O)c1Br. The zero-order valence-electron chi connectivity index (χ0n) is 8.58. The number of aromatic amines is 1. The van der Waals surface area contributed by atoms with E-state index in [1.807, 2.05) is 6.92 Å². The van der Waals surface area contributed by atoms with Crippen molar-refractivity contribution in [3.63, 3.8) is 0 Å². The first-order chi connectivity index (χ1) is 6.85. The summed E-state index contributed by atoms with van der Waals surface area (Å²) in [5.41, 5.74) is 0.573. The maximum Gasteiger partial charge on any atom is 0.281 e. The molecule has 0 aliphatic heterocycles. The number of aryl methyl sites for hydroxylation is 2. The lowest BCUT2D eigenvalue weighted by atomic mass is 10.3. The molecular weight excluding hydrogens is 284 g/mol. The van der Waals surface area contributed by atoms with Gasteiger partial charge in [0.05, 0.1) is 18.0 Å². The minimum absolute atomic E-state index is 0.0387. The molecule has 1 aromatic rings. The van der Waals surface area contributed by atoms with E-state index in [1.54, 1.807) is 0 Å². The summed E-state index contributed by atoms with van der Waals surface area (Å²) in [6, 6.07) is 0. The number of rotatable bonds is 4. The first kappa shape index (κ1) is 12.5. The van der Waals surface area contributed by atoms with Crippen LogP contribution in [0.25, 0.3) is 0 Å². The van der Waals surface area contributed by atoms with Crippen LogP contribution in [-0.4, -0.2) is 30.2 Å². The molecule has 0 aliphatic carbocycles. The van der Waals surface area contributed by atoms with Crippen LogP contribution in [0.2, 0.25) is 0 Å². The molecule has 7 heteroatoms. The van der Waals surface area contributed by atoms with Gasteiger partial charge in [-0.2, -0.15) is 0 Å². The highest BCUT2D eigenvalue weighted by Crippen LogP contribution is 2.09. The van der Waals surface area contributed by atoms with Crippen LogP contribution in [0.1, 0.15) is 12.6 Å². The van der Waals surface area contributed by atoms with Crippen molar-refractivity contribution in [3.05, 3.63) is 20.5 Å². The van der Waals surface area contributed by atoms with Crippen molar-refractivity contribution in [1.82, 2.24) is 9.78 Å². The molecule has 0 bridgehead atoms. The number of hydrogen-bond donors (Lipinski definition) is 1. The molecule has 0 unspecified atom stereocenters. The van der Waals surface area contributed by atoms with E-state index in [1.165, 1.54) is 4.68 Å². The lowest BCUT2D eigenvalue weighted by molar-refractivity contribution is 0.579. The maximum atomic E-state index is 11.6. The molecule has 0 amide bonds. The second-order valence-electron chi connectivity index (χ2n) is 3.34. The summed E-state index contributed by atoms with van der Waals surface area (Å²) in [5.74, 6) is -0.0387. The van der Waals surface area contributed by atoms with E-state index in [0.29, 0.717) is 10.9 Å². The number of hydrogen-bond acceptors (Lipinski definition) is 3. The zero-order valence-corrected chi connectivity index (χ0v) is 11.0. The maximum absolute atomic E-state index is 11.6. The van der Waals surface area contributed by atoms with Gasteiger partial charge in [-0.3, -0.25) is 14.6 Å². The Bertz CT molecular complexity index is 500. The number of sulfone groups is 1. The fourth-order valence-electron chi connectivity index (χ4n) is 1.16. The van der Waals surface area contributed by atoms with Crippen LogP contribution in [0.5, 0.6) is 0 Å². The Hall–Kier alpha value is -0.560. The number of nitrogens with one attached hydrogen (secondary N) is 1. The Morgan fingerprint density at radius 1 is 1.47 bits per heavy atom. The molecule has 1 rings (SSSR count). The monoisotopic (exact) mass is 296 g/mol. The largest absolute Gasteiger partial charge is 0.299 e. The predicted molar refractivity (Wildman–Crippen MR) is 61.8 cm³/mol. The second-order valence-corrected chi connectivity index (χ2v) is 6.40. The van der Waals surface area contributed by atoms with Gasteiger partial charge < -0.3 is 0 Å². The van der Waals surface area contributed by atoms with Crippen LogP contribution in [0.15, 0.2) is 9.27 Å². The van der Waals surface area contributed by atoms with Crippen molar-refractivity contribution in [3.8, 4) is 0 Å². The summed E-state index contributed by atoms with van der Waals surface area (Å²) >= 11 is 3.17. The highest BCUT2D eigenvalue weighted by molar-refractivity contribution is 9.10. The first-order valence-electron chi connectivity index (χ1n) is 4.50. The van der Waals surface area contributed by atoms with E-state index >= 15 is 0 Å². The van der Waals surface area contributed by atoms with E-state index in [0.717, 1.165) is 11.9 Å². The van der Waals surface area contributed by atoms with Crippen molar-refractivity contribution < 1.29 is 8.42 Å². The van der Waals surface area contributed by atoms with Crippen molar-refractivity contribution in [2.24, 2.45) is 0 Å². The summed E-state index contributed by atoms with van der Waals surface area (Å²) in [4.78, 5) is 11.6. The van der Waals surface area contributed by atoms with Gasteiger partial charge in [-0.25, -0.2) is 8.42 Å². The summed E-state index contributed by atoms with van der Waals surface area (Å²) in [6.07, 6.45) is 1.85. The van der Waals surface area contributed by atoms with Gasteiger partial charge in [0.25, 0.3) is 5.56 Å². The Morgan fingerprint density at radius 2 is 2.07 bits per heavy atom. The van der Waals surface area contributed by atoms with Gasteiger partial charge in [0.15, 0.2) is 0 Å². The minimum Gasteiger partial charge on any atom is -0.299 e. The molecule has 5 nitrogen and oxygen atoms in total. The fourth-order valence-corrected chi connectivity index (χ4v) is 2.26. The predicted octanol–water partition coefficient (Wildman–Crippen LogP) is 0.546. The van der Waals surface area contributed by atoms with Crippen LogP contribution in [0.4, 0.5) is 0 Å². The minimum atomic E-state index is -3.04. The fraction of sp³-hybridized carbons (Fsp3) is 0.625. The topological polar surface area (TPSA) is 71.9 Å². The van der Waals surface area contributed by atoms with E-state index in [2.05, 4.69) is 21.0 Å². The highest BCUT2D eigenvalue weighted by atomic mass is 79.9. The van der Waals surface area contributed by atoms with Gasteiger partial charge in [0.2, 0.25) is 0 Å². The lowest BCUT2D eigenvalue weighted by Gasteiger charge is -1.99. The molecule has 15 heavy (non-hydrogen) atoms. The van der Waals surface area contributed by atoms with Crippen molar-refractivity contribution in [2.45, 2.75) is 19.9 Å². The van der Waals surface area contributed by atoms with Gasteiger partial charge >= 0.3 is 0 Å². The van der Waals surface area contributed by atoms with E-state index < -0.39 is 9.84 Å². The second kappa shape index (κ2) is 4.52. The van der Waals surface area contributed by atoms with Crippen LogP contribution in [-0.2, 0) is 22.8 Å². The third-order valence-electron chi connectivity index (χ3n) is 2.01. The standard InChI is InChI=1S/C8H13BrN2O3S/c1-3-6-7(9)8(12)11(10-6)4-5-15(2,13)14/h10H,3-5H2,1-2H3. The van der Waals surface area contributed by atoms with Crippen LogP contribution < -0.4 is 5.56 Å². The highest BCUT2D eigenvalue weighted by Gasteiger charge is 2.11. The van der Waals surface area contributed by atoms with Gasteiger partial charge in [0, 0.05) is 6.26 Å². The molecule has 0 spiro atoms. The smallest absolute Gasteiger partial charge is 0.281 e. The van der Waals surface area contributed by atoms with Gasteiger partial charge in [0.1, 0.15) is 14.3 Å². The summed E-state index contributed by atoms with van der Waals surface area (Å²) in [6.45, 7) is 2.08. The lowest BCUT2D eigenvalue weighted by Crippen LogP contribution is -2.21. The third kappa shape index (κ3) is 3.20. The number of H-pyrrole nitrogens is 1. The molecular formula is C8H13BrN2O3S. The third-order valence-corrected chi connectivity index (χ3v) is 3.75. The van der Waals surface area contributed by atoms with Gasteiger partial charge in [-0.1, -0.05) is 6.92 Å². The molecule has 0 aromatic carbocycles. The van der Waals surface area contributed by atoms with Crippen LogP contribution >= 0.6 is 15.9 Å². The number of aromatic nitrogens is 2. The molecule has 0 atom stereocenters. The van der Waals surface area contributed by atoms with Gasteiger partial charge in [-0.05, 0) is 22.4 Å². The molecule has 1 heterocycles.